The van der Waals surface area contributed by atoms with E-state index in [2.05, 4.69) is 10.5 Å². The van der Waals surface area contributed by atoms with Crippen LogP contribution in [0.2, 0.25) is 0 Å². The van der Waals surface area contributed by atoms with Gasteiger partial charge in [0.2, 0.25) is 5.91 Å². The van der Waals surface area contributed by atoms with E-state index in [1.54, 1.807) is 6.92 Å². The van der Waals surface area contributed by atoms with Crippen LogP contribution in [-0.2, 0) is 11.2 Å². The normalized spacial score (nSPS) is 10.5. The van der Waals surface area contributed by atoms with Crippen molar-refractivity contribution < 1.29 is 18.5 Å². The summed E-state index contributed by atoms with van der Waals surface area (Å²) in [6.45, 7) is 2.24. The van der Waals surface area contributed by atoms with Crippen LogP contribution in [0.25, 0.3) is 0 Å². The second-order valence-corrected chi connectivity index (χ2v) is 4.96. The molecule has 22 heavy (non-hydrogen) atoms. The number of aryl methyl sites for hydroxylation is 1. The molecule has 0 saturated carbocycles. The predicted molar refractivity (Wildman–Crippen MR) is 77.9 cm³/mol. The Morgan fingerprint density at radius 2 is 1.95 bits per heavy atom. The van der Waals surface area contributed by atoms with Crippen LogP contribution < -0.4 is 5.32 Å². The molecule has 1 amide bonds. The number of carbonyl (C=O) groups excluding carboxylic acids is 2. The minimum atomic E-state index is -0.391. The predicted octanol–water partition coefficient (Wildman–Crippen LogP) is 2.44. The molecule has 0 aliphatic carbocycles. The number of ketones is 1. The van der Waals surface area contributed by atoms with Crippen LogP contribution >= 0.6 is 0 Å². The van der Waals surface area contributed by atoms with Gasteiger partial charge in [0, 0.05) is 37.4 Å². The van der Waals surface area contributed by atoms with E-state index in [4.69, 9.17) is 4.52 Å². The first kappa shape index (κ1) is 15.9. The van der Waals surface area contributed by atoms with Gasteiger partial charge in [-0.3, -0.25) is 9.59 Å². The van der Waals surface area contributed by atoms with Crippen molar-refractivity contribution in [1.82, 2.24) is 10.5 Å². The molecular formula is C16H17FN2O3. The molecule has 116 valence electrons. The lowest BCUT2D eigenvalue weighted by Gasteiger charge is -2.04. The Labute approximate surface area is 127 Å². The number of benzene rings is 1. The van der Waals surface area contributed by atoms with Gasteiger partial charge in [-0.15, -0.1) is 0 Å². The number of hydrogen-bond acceptors (Lipinski definition) is 4. The summed E-state index contributed by atoms with van der Waals surface area (Å²) in [6, 6.07) is 7.11. The summed E-state index contributed by atoms with van der Waals surface area (Å²) < 4.78 is 17.7. The Bertz CT molecular complexity index is 650. The molecule has 0 spiro atoms. The summed E-state index contributed by atoms with van der Waals surface area (Å²) >= 11 is 0. The molecule has 2 rings (SSSR count). The van der Waals surface area contributed by atoms with Gasteiger partial charge in [-0.2, -0.15) is 0 Å². The molecule has 0 radical (unpaired) electrons. The lowest BCUT2D eigenvalue weighted by Crippen LogP contribution is -2.26. The first-order valence-electron chi connectivity index (χ1n) is 7.02. The number of carbonyl (C=O) groups is 2. The van der Waals surface area contributed by atoms with Crippen molar-refractivity contribution in [1.29, 1.82) is 0 Å². The molecule has 1 N–H and O–H groups in total. The highest BCUT2D eigenvalue weighted by Crippen LogP contribution is 2.07. The molecule has 1 aromatic heterocycles. The molecular weight excluding hydrogens is 287 g/mol. The number of nitrogens with zero attached hydrogens (tertiary/aromatic N) is 1. The fourth-order valence-corrected chi connectivity index (χ4v) is 1.96. The van der Waals surface area contributed by atoms with Crippen LogP contribution in [0, 0.1) is 12.7 Å². The maximum atomic E-state index is 12.8. The Morgan fingerprint density at radius 1 is 1.23 bits per heavy atom. The molecule has 0 aliphatic rings. The van der Waals surface area contributed by atoms with Gasteiger partial charge in [0.05, 0.1) is 5.69 Å². The van der Waals surface area contributed by atoms with Gasteiger partial charge in [-0.1, -0.05) is 5.16 Å². The molecule has 5 nitrogen and oxygen atoms in total. The zero-order valence-corrected chi connectivity index (χ0v) is 12.3. The average molecular weight is 304 g/mol. The minimum absolute atomic E-state index is 0.0978. The summed E-state index contributed by atoms with van der Waals surface area (Å²) in [6.07, 6.45) is 0.781. The van der Waals surface area contributed by atoms with Crippen LogP contribution in [0.5, 0.6) is 0 Å². The summed E-state index contributed by atoms with van der Waals surface area (Å²) in [7, 11) is 0. The zero-order chi connectivity index (χ0) is 15.9. The second-order valence-electron chi connectivity index (χ2n) is 4.96. The van der Waals surface area contributed by atoms with E-state index in [1.807, 2.05) is 6.07 Å². The Kier molecular flexibility index (Phi) is 5.41. The van der Waals surface area contributed by atoms with Gasteiger partial charge in [0.15, 0.2) is 5.78 Å². The Balaban J connectivity index is 1.68. The van der Waals surface area contributed by atoms with Gasteiger partial charge < -0.3 is 9.84 Å². The SMILES string of the molecule is Cc1cc(CCNC(=O)CCC(=O)c2ccc(F)cc2)no1. The molecule has 1 heterocycles. The highest BCUT2D eigenvalue weighted by molar-refractivity contribution is 5.97. The zero-order valence-electron chi connectivity index (χ0n) is 12.3. The largest absolute Gasteiger partial charge is 0.361 e. The average Bonchev–Trinajstić information content (AvgIpc) is 2.91. The smallest absolute Gasteiger partial charge is 0.220 e. The monoisotopic (exact) mass is 304 g/mol. The second kappa shape index (κ2) is 7.49. The van der Waals surface area contributed by atoms with Gasteiger partial charge in [0.25, 0.3) is 0 Å². The number of nitrogens with one attached hydrogen (secondary N) is 1. The lowest BCUT2D eigenvalue weighted by molar-refractivity contribution is -0.121. The van der Waals surface area contributed by atoms with Crippen molar-refractivity contribution in [2.45, 2.75) is 26.2 Å². The number of aromatic nitrogens is 1. The maximum Gasteiger partial charge on any atom is 0.220 e. The number of halogens is 1. The van der Waals surface area contributed by atoms with Crippen LogP contribution in [-0.4, -0.2) is 23.4 Å². The van der Waals surface area contributed by atoms with E-state index in [1.165, 1.54) is 24.3 Å². The van der Waals surface area contributed by atoms with Crippen LogP contribution in [0.3, 0.4) is 0 Å². The molecule has 0 fully saturated rings. The van der Waals surface area contributed by atoms with Gasteiger partial charge in [-0.25, -0.2) is 4.39 Å². The highest BCUT2D eigenvalue weighted by Gasteiger charge is 2.09. The van der Waals surface area contributed by atoms with Gasteiger partial charge >= 0.3 is 0 Å². The van der Waals surface area contributed by atoms with E-state index >= 15 is 0 Å². The van der Waals surface area contributed by atoms with E-state index in [0.717, 1.165) is 11.5 Å². The van der Waals surface area contributed by atoms with E-state index < -0.39 is 5.82 Å². The minimum Gasteiger partial charge on any atom is -0.361 e. The van der Waals surface area contributed by atoms with E-state index in [9.17, 15) is 14.0 Å². The van der Waals surface area contributed by atoms with E-state index in [-0.39, 0.29) is 24.5 Å². The first-order chi connectivity index (χ1) is 10.5. The molecule has 2 aromatic rings. The summed E-state index contributed by atoms with van der Waals surface area (Å²) in [5.41, 5.74) is 1.19. The number of amides is 1. The van der Waals surface area contributed by atoms with Crippen molar-refractivity contribution in [3.63, 3.8) is 0 Å². The Morgan fingerprint density at radius 3 is 2.59 bits per heavy atom. The topological polar surface area (TPSA) is 72.2 Å². The highest BCUT2D eigenvalue weighted by atomic mass is 19.1. The maximum absolute atomic E-state index is 12.8. The molecule has 0 saturated heterocycles. The third kappa shape index (κ3) is 4.80. The molecule has 0 atom stereocenters. The summed E-state index contributed by atoms with van der Waals surface area (Å²) in [5.74, 6) is -0.0402. The summed E-state index contributed by atoms with van der Waals surface area (Å²) in [5, 5.41) is 6.55. The number of rotatable bonds is 7. The molecule has 6 heteroatoms. The third-order valence-corrected chi connectivity index (χ3v) is 3.13. The van der Waals surface area contributed by atoms with E-state index in [0.29, 0.717) is 18.5 Å². The Hall–Kier alpha value is -2.50. The first-order valence-corrected chi connectivity index (χ1v) is 7.02. The summed E-state index contributed by atoms with van der Waals surface area (Å²) in [4.78, 5) is 23.5. The van der Waals surface area contributed by atoms with Crippen molar-refractivity contribution in [3.8, 4) is 0 Å². The van der Waals surface area contributed by atoms with Crippen molar-refractivity contribution in [3.05, 3.63) is 53.2 Å². The molecule has 0 aliphatic heterocycles. The van der Waals surface area contributed by atoms with Gasteiger partial charge in [0.1, 0.15) is 11.6 Å². The molecule has 0 unspecified atom stereocenters. The van der Waals surface area contributed by atoms with Crippen LogP contribution in [0.1, 0.15) is 34.7 Å². The standard InChI is InChI=1S/C16H17FN2O3/c1-11-10-14(19-22-11)8-9-18-16(21)7-6-15(20)12-2-4-13(17)5-3-12/h2-5,10H,6-9H2,1H3,(H,18,21). The van der Waals surface area contributed by atoms with Crippen molar-refractivity contribution in [2.24, 2.45) is 0 Å². The third-order valence-electron chi connectivity index (χ3n) is 3.13. The molecule has 1 aromatic carbocycles. The van der Waals surface area contributed by atoms with Gasteiger partial charge in [-0.05, 0) is 31.2 Å². The quantitative estimate of drug-likeness (QED) is 0.797. The van der Waals surface area contributed by atoms with Crippen LogP contribution in [0.15, 0.2) is 34.9 Å². The fourth-order valence-electron chi connectivity index (χ4n) is 1.96. The molecule has 0 bridgehead atoms. The van der Waals surface area contributed by atoms with Crippen molar-refractivity contribution in [2.75, 3.05) is 6.54 Å². The van der Waals surface area contributed by atoms with Crippen LogP contribution in [0.4, 0.5) is 4.39 Å². The lowest BCUT2D eigenvalue weighted by atomic mass is 10.1. The number of Topliss-reactive ketones (excluding diaryl/α,β-unsaturated/α-hetero) is 1. The fraction of sp³-hybridized carbons (Fsp3) is 0.312. The van der Waals surface area contributed by atoms with Crippen molar-refractivity contribution >= 4 is 11.7 Å². The number of hydrogen-bond donors (Lipinski definition) is 1.